The molecule has 12 heteroatoms. The zero-order valence-electron chi connectivity index (χ0n) is 28.4. The van der Waals surface area contributed by atoms with Gasteiger partial charge in [0.05, 0.1) is 18.2 Å². The van der Waals surface area contributed by atoms with Crippen LogP contribution in [0, 0.1) is 6.92 Å². The van der Waals surface area contributed by atoms with Gasteiger partial charge in [-0.2, -0.15) is 0 Å². The van der Waals surface area contributed by atoms with Crippen LogP contribution < -0.4 is 16.1 Å². The topological polar surface area (TPSA) is 100 Å². The first-order valence-electron chi connectivity index (χ1n) is 17.1. The molecule has 5 aromatic rings. The minimum atomic E-state index is -3.74. The molecule has 0 saturated carbocycles. The van der Waals surface area contributed by atoms with Crippen LogP contribution in [-0.2, 0) is 19.4 Å². The molecule has 0 bridgehead atoms. The SMILES string of the molecule is Cc1cn(C2CN(C(c3ccccc3)(c3ccccc3)c3ccccc3)CC(COP(=O)(Cl)N3CCN(c4ccccc4)CC3)O2)c(=O)[nH]c1=O. The molecule has 3 unspecified atom stereocenters. The standard InChI is InChI=1S/C39H41ClN5O5P/c1-30-26-45(38(47)41-37(30)46)36-28-43(39(31-14-6-2-7-15-31,32-16-8-3-9-17-32)33-18-10-4-11-19-33)27-35(50-36)29-49-51(40,48)44-24-22-42(23-25-44)34-20-12-5-13-21-34/h2-21,26,35-36H,22-25,27-29H2,1H3,(H,41,46,47). The molecule has 0 aliphatic carbocycles. The first-order valence-corrected chi connectivity index (χ1v) is 19.6. The zero-order chi connectivity index (χ0) is 35.4. The lowest BCUT2D eigenvalue weighted by atomic mass is 9.75. The minimum absolute atomic E-state index is 0.0851. The highest BCUT2D eigenvalue weighted by Gasteiger charge is 2.47. The summed E-state index contributed by atoms with van der Waals surface area (Å²) in [6.45, 7) is 0.715. The second kappa shape index (κ2) is 15.1. The maximum absolute atomic E-state index is 14.0. The number of hydrogen-bond donors (Lipinski definition) is 1. The third kappa shape index (κ3) is 7.26. The first-order chi connectivity index (χ1) is 24.8. The Bertz CT molecular complexity index is 1980. The minimum Gasteiger partial charge on any atom is -0.369 e. The molecule has 4 aromatic carbocycles. The van der Waals surface area contributed by atoms with Gasteiger partial charge in [0.15, 0.2) is 6.23 Å². The summed E-state index contributed by atoms with van der Waals surface area (Å²) < 4.78 is 29.8. The Hall–Kier alpha value is -4.28. The van der Waals surface area contributed by atoms with Crippen molar-refractivity contribution < 1.29 is 13.8 Å². The van der Waals surface area contributed by atoms with Crippen LogP contribution in [0.4, 0.5) is 5.69 Å². The maximum Gasteiger partial charge on any atom is 0.363 e. The molecule has 264 valence electrons. The van der Waals surface area contributed by atoms with Gasteiger partial charge in [0.25, 0.3) is 5.56 Å². The smallest absolute Gasteiger partial charge is 0.363 e. The van der Waals surface area contributed by atoms with Crippen LogP contribution in [0.5, 0.6) is 0 Å². The van der Waals surface area contributed by atoms with Crippen LogP contribution in [0.1, 0.15) is 28.5 Å². The first kappa shape index (κ1) is 35.1. The second-order valence-electron chi connectivity index (χ2n) is 12.9. The predicted octanol–water partition coefficient (Wildman–Crippen LogP) is 6.22. The van der Waals surface area contributed by atoms with E-state index in [0.717, 1.165) is 22.4 Å². The van der Waals surface area contributed by atoms with Crippen LogP contribution >= 0.6 is 18.1 Å². The molecule has 10 nitrogen and oxygen atoms in total. The number of benzene rings is 4. The highest BCUT2D eigenvalue weighted by atomic mass is 35.7. The quantitative estimate of drug-likeness (QED) is 0.134. The molecule has 2 aliphatic rings. The third-order valence-electron chi connectivity index (χ3n) is 9.79. The Morgan fingerprint density at radius 3 is 1.82 bits per heavy atom. The number of aryl methyl sites for hydroxylation is 1. The number of rotatable bonds is 10. The lowest BCUT2D eigenvalue weighted by Crippen LogP contribution is -2.58. The predicted molar refractivity (Wildman–Crippen MR) is 200 cm³/mol. The molecule has 0 spiro atoms. The van der Waals surface area contributed by atoms with Gasteiger partial charge in [0, 0.05) is 56.7 Å². The van der Waals surface area contributed by atoms with E-state index < -0.39 is 36.0 Å². The normalized spacial score (nSPS) is 20.2. The van der Waals surface area contributed by atoms with Crippen molar-refractivity contribution in [2.45, 2.75) is 24.8 Å². The Morgan fingerprint density at radius 2 is 1.29 bits per heavy atom. The van der Waals surface area contributed by atoms with Gasteiger partial charge < -0.3 is 14.2 Å². The fourth-order valence-corrected chi connectivity index (χ4v) is 9.10. The number of hydrogen-bond acceptors (Lipinski definition) is 7. The average Bonchev–Trinajstić information content (AvgIpc) is 3.17. The van der Waals surface area contributed by atoms with Gasteiger partial charge in [-0.1, -0.05) is 109 Å². The van der Waals surface area contributed by atoms with Crippen LogP contribution in [0.3, 0.4) is 0 Å². The van der Waals surface area contributed by atoms with Crippen molar-refractivity contribution in [2.24, 2.45) is 0 Å². The monoisotopic (exact) mass is 725 g/mol. The number of aromatic nitrogens is 2. The molecule has 1 aromatic heterocycles. The highest BCUT2D eigenvalue weighted by Crippen LogP contribution is 2.56. The Morgan fingerprint density at radius 1 is 0.784 bits per heavy atom. The van der Waals surface area contributed by atoms with Gasteiger partial charge in [0.2, 0.25) is 0 Å². The van der Waals surface area contributed by atoms with Gasteiger partial charge >= 0.3 is 12.6 Å². The van der Waals surface area contributed by atoms with Gasteiger partial charge in [-0.05, 0) is 47.0 Å². The van der Waals surface area contributed by atoms with Crippen molar-refractivity contribution in [1.82, 2.24) is 19.1 Å². The number of para-hydroxylation sites is 1. The molecule has 7 rings (SSSR count). The molecule has 2 aliphatic heterocycles. The zero-order valence-corrected chi connectivity index (χ0v) is 30.0. The molecular formula is C39H41ClN5O5P. The van der Waals surface area contributed by atoms with E-state index in [2.05, 4.69) is 63.3 Å². The number of piperazine rings is 1. The van der Waals surface area contributed by atoms with E-state index in [-0.39, 0.29) is 13.2 Å². The number of H-pyrrole nitrogens is 1. The molecule has 51 heavy (non-hydrogen) atoms. The van der Waals surface area contributed by atoms with E-state index in [1.54, 1.807) is 11.6 Å². The van der Waals surface area contributed by atoms with E-state index in [1.807, 2.05) is 72.8 Å². The fraction of sp³-hybridized carbons (Fsp3) is 0.282. The highest BCUT2D eigenvalue weighted by molar-refractivity contribution is 7.83. The fourth-order valence-electron chi connectivity index (χ4n) is 7.31. The largest absolute Gasteiger partial charge is 0.369 e. The van der Waals surface area contributed by atoms with Crippen LogP contribution in [0.2, 0.25) is 0 Å². The molecule has 0 amide bonds. The summed E-state index contributed by atoms with van der Waals surface area (Å²) >= 11 is 6.74. The van der Waals surface area contributed by atoms with Gasteiger partial charge in [-0.15, -0.1) is 0 Å². The van der Waals surface area contributed by atoms with Crippen molar-refractivity contribution in [3.05, 3.63) is 171 Å². The maximum atomic E-state index is 14.0. The van der Waals surface area contributed by atoms with E-state index in [9.17, 15) is 14.2 Å². The Balaban J connectivity index is 1.24. The summed E-state index contributed by atoms with van der Waals surface area (Å²) in [5.74, 6) is 0. The summed E-state index contributed by atoms with van der Waals surface area (Å²) in [5.41, 5.74) is 2.68. The number of morpholine rings is 1. The molecule has 3 atom stereocenters. The average molecular weight is 726 g/mol. The number of ether oxygens (including phenoxy) is 1. The second-order valence-corrected chi connectivity index (χ2v) is 15.9. The van der Waals surface area contributed by atoms with E-state index in [1.165, 1.54) is 10.8 Å². The summed E-state index contributed by atoms with van der Waals surface area (Å²) in [5, 5.41) is 0. The van der Waals surface area contributed by atoms with Crippen LogP contribution in [-0.4, -0.2) is 71.1 Å². The molecule has 1 N–H and O–H groups in total. The van der Waals surface area contributed by atoms with E-state index in [0.29, 0.717) is 38.3 Å². The molecule has 3 heterocycles. The van der Waals surface area contributed by atoms with Crippen molar-refractivity contribution in [3.8, 4) is 0 Å². The number of halogens is 1. The number of nitrogens with zero attached hydrogens (tertiary/aromatic N) is 4. The molecule has 0 radical (unpaired) electrons. The third-order valence-corrected chi connectivity index (χ3v) is 12.3. The van der Waals surface area contributed by atoms with Crippen molar-refractivity contribution in [1.29, 1.82) is 0 Å². The Kier molecular flexibility index (Phi) is 10.4. The van der Waals surface area contributed by atoms with Crippen LogP contribution in [0.15, 0.2) is 137 Å². The Labute approximate surface area is 302 Å². The number of nitrogens with one attached hydrogen (secondary N) is 1. The van der Waals surface area contributed by atoms with Crippen molar-refractivity contribution in [2.75, 3.05) is 50.8 Å². The van der Waals surface area contributed by atoms with Gasteiger partial charge in [0.1, 0.15) is 0 Å². The summed E-state index contributed by atoms with van der Waals surface area (Å²) in [4.78, 5) is 32.7. The lowest BCUT2D eigenvalue weighted by Gasteiger charge is -2.50. The van der Waals surface area contributed by atoms with Crippen molar-refractivity contribution >= 4 is 23.8 Å². The number of aromatic amines is 1. The summed E-state index contributed by atoms with van der Waals surface area (Å²) in [6.07, 6.45) is 0.0485. The van der Waals surface area contributed by atoms with Crippen molar-refractivity contribution in [3.63, 3.8) is 0 Å². The number of anilines is 1. The summed E-state index contributed by atoms with van der Waals surface area (Å²) in [6, 6.07) is 40.8. The van der Waals surface area contributed by atoms with Crippen LogP contribution in [0.25, 0.3) is 0 Å². The lowest BCUT2D eigenvalue weighted by molar-refractivity contribution is -0.148. The van der Waals surface area contributed by atoms with E-state index in [4.69, 9.17) is 20.5 Å². The molecule has 2 fully saturated rings. The van der Waals surface area contributed by atoms with Gasteiger partial charge in [-0.25, -0.2) is 9.46 Å². The van der Waals surface area contributed by atoms with Gasteiger partial charge in [-0.3, -0.25) is 23.8 Å². The molecular weight excluding hydrogens is 685 g/mol. The molecule has 2 saturated heterocycles. The van der Waals surface area contributed by atoms with E-state index >= 15 is 0 Å². The summed E-state index contributed by atoms with van der Waals surface area (Å²) in [7, 11) is 0.